The average molecular weight is 889 g/mol. The van der Waals surface area contributed by atoms with E-state index in [2.05, 4.69) is 30.8 Å². The van der Waals surface area contributed by atoms with Gasteiger partial charge in [0.15, 0.2) is 23.3 Å². The minimum atomic E-state index is -1.31. The van der Waals surface area contributed by atoms with Crippen LogP contribution in [0, 0.1) is 23.3 Å². The van der Waals surface area contributed by atoms with E-state index in [0.29, 0.717) is 34.1 Å². The number of carboxylic acids is 2. The number of carboxylic acid groups (broad SMARTS) is 2. The van der Waals surface area contributed by atoms with E-state index in [9.17, 15) is 19.8 Å². The molecule has 20 heteroatoms. The lowest BCUT2D eigenvalue weighted by Gasteiger charge is -2.08. The fourth-order valence-electron chi connectivity index (χ4n) is 6.65. The number of fused-ring (bicyclic) bond motifs is 2. The van der Waals surface area contributed by atoms with E-state index in [0.717, 1.165) is 22.7 Å². The summed E-state index contributed by atoms with van der Waals surface area (Å²) < 4.78 is 64.0. The first-order valence-corrected chi connectivity index (χ1v) is 21.6. The molecule has 0 fully saturated rings. The summed E-state index contributed by atoms with van der Waals surface area (Å²) in [7, 11) is 0. The van der Waals surface area contributed by atoms with Crippen LogP contribution in [0.5, 0.6) is 0 Å². The Morgan fingerprint density at radius 2 is 0.845 bits per heavy atom. The molecule has 4 N–H and O–H groups in total. The van der Waals surface area contributed by atoms with Gasteiger partial charge in [-0.2, -0.15) is 30.8 Å². The van der Waals surface area contributed by atoms with Crippen LogP contribution in [0.4, 0.5) is 17.6 Å². The molecule has 0 bridgehead atoms. The van der Waals surface area contributed by atoms with E-state index in [-0.39, 0.29) is 70.1 Å². The van der Waals surface area contributed by atoms with Crippen molar-refractivity contribution < 1.29 is 37.4 Å². The molecule has 0 spiro atoms. The van der Waals surface area contributed by atoms with E-state index >= 15 is 17.6 Å². The van der Waals surface area contributed by atoms with E-state index in [1.165, 1.54) is 57.5 Å². The predicted octanol–water partition coefficient (Wildman–Crippen LogP) is 12.2. The van der Waals surface area contributed by atoms with Crippen molar-refractivity contribution in [2.24, 2.45) is 0 Å². The molecule has 8 aromatic heterocycles. The van der Waals surface area contributed by atoms with Crippen LogP contribution in [0.25, 0.3) is 93.1 Å². The molecule has 10 nitrogen and oxygen atoms in total. The molecular weight excluding hydrogens is 873 g/mol. The number of halogens is 4. The Labute approximate surface area is 345 Å². The van der Waals surface area contributed by atoms with Crippen LogP contribution in [0.2, 0.25) is 0 Å². The summed E-state index contributed by atoms with van der Waals surface area (Å²) >= 11 is 6.86. The molecule has 58 heavy (non-hydrogen) atoms. The zero-order chi connectivity index (χ0) is 40.0. The Balaban J connectivity index is 1.03. The standard InChI is InChI=1S/C38H16F4N6O4S6/c39-27-23(17-3-1-9-53-17)31-32(44-47-43-31)24(28(27)40)18-7-5-15(55-18)16-6-8-20(56-16)36-14(38(51)52)12-22(58-36)26-30(42)29(41)25(33-34(26)46-48-45-33)21-11-13(37(49)50)35(57-21)19-4-2-10-54-19/h1-12H,(H,49,50)(H,51,52)(H,43,44,47)(H,45,46,48). The minimum absolute atomic E-state index is 0.0207. The second kappa shape index (κ2) is 13.9. The van der Waals surface area contributed by atoms with Crippen molar-refractivity contribution in [3.05, 3.63) is 106 Å². The number of aromatic amines is 2. The van der Waals surface area contributed by atoms with Gasteiger partial charge >= 0.3 is 11.9 Å². The maximum Gasteiger partial charge on any atom is 0.337 e. The highest BCUT2D eigenvalue weighted by molar-refractivity contribution is 7.28. The number of rotatable bonds is 9. The molecule has 10 rings (SSSR count). The van der Waals surface area contributed by atoms with Gasteiger partial charge < -0.3 is 10.2 Å². The van der Waals surface area contributed by atoms with Gasteiger partial charge in [0.2, 0.25) is 0 Å². The maximum absolute atomic E-state index is 16.4. The van der Waals surface area contributed by atoms with Crippen LogP contribution in [0.15, 0.2) is 71.4 Å². The summed E-state index contributed by atoms with van der Waals surface area (Å²) in [6.45, 7) is 0. The van der Waals surface area contributed by atoms with Crippen LogP contribution in [-0.4, -0.2) is 53.0 Å². The molecule has 0 atom stereocenters. The van der Waals surface area contributed by atoms with E-state index in [1.807, 2.05) is 0 Å². The Bertz CT molecular complexity index is 3270. The smallest absolute Gasteiger partial charge is 0.337 e. The number of hydrogen-bond donors (Lipinski definition) is 4. The number of H-pyrrole nitrogens is 2. The Kier molecular flexibility index (Phi) is 8.73. The first-order chi connectivity index (χ1) is 28.1. The Hall–Kier alpha value is -5.90. The molecule has 286 valence electrons. The molecular formula is C38H16F4N6O4S6. The van der Waals surface area contributed by atoms with Crippen molar-refractivity contribution in [1.29, 1.82) is 0 Å². The SMILES string of the molecule is O=C(O)c1cc(-c2c(F)c(F)c(-c3cc(C(=O)O)c(-c4ccc(-c5ccc(-c6c(F)c(F)c(-c7cccs7)c7n[nH]nc67)s5)s4)s3)c3n[nH]nc23)sc1-c1cccs1. The second-order valence-electron chi connectivity index (χ2n) is 12.4. The lowest BCUT2D eigenvalue weighted by atomic mass is 10.0. The van der Waals surface area contributed by atoms with Crippen LogP contribution in [-0.2, 0) is 0 Å². The molecule has 0 unspecified atom stereocenters. The van der Waals surface area contributed by atoms with Gasteiger partial charge in [-0.05, 0) is 59.3 Å². The van der Waals surface area contributed by atoms with Crippen molar-refractivity contribution in [2.75, 3.05) is 0 Å². The topological polar surface area (TPSA) is 158 Å². The van der Waals surface area contributed by atoms with Crippen molar-refractivity contribution >= 4 is 102 Å². The van der Waals surface area contributed by atoms with Crippen LogP contribution in [0.1, 0.15) is 20.7 Å². The number of nitrogens with zero attached hydrogens (tertiary/aromatic N) is 4. The lowest BCUT2D eigenvalue weighted by molar-refractivity contribution is 0.0687. The normalized spacial score (nSPS) is 11.7. The molecule has 0 saturated carbocycles. The number of aromatic nitrogens is 6. The summed E-state index contributed by atoms with van der Waals surface area (Å²) in [6.07, 6.45) is 0. The second-order valence-corrected chi connectivity index (χ2v) is 18.6. The maximum atomic E-state index is 16.4. The van der Waals surface area contributed by atoms with Crippen molar-refractivity contribution in [1.82, 2.24) is 30.8 Å². The van der Waals surface area contributed by atoms with E-state index in [4.69, 9.17) is 0 Å². The van der Waals surface area contributed by atoms with Gasteiger partial charge in [0, 0.05) is 39.0 Å². The molecule has 0 aliphatic rings. The molecule has 0 amide bonds. The van der Waals surface area contributed by atoms with Gasteiger partial charge in [0.25, 0.3) is 0 Å². The molecule has 10 aromatic rings. The van der Waals surface area contributed by atoms with Gasteiger partial charge in [0.1, 0.15) is 22.1 Å². The number of hydrogen-bond acceptors (Lipinski definition) is 12. The lowest BCUT2D eigenvalue weighted by Crippen LogP contribution is -1.97. The third-order valence-electron chi connectivity index (χ3n) is 9.16. The molecule has 0 aliphatic carbocycles. The van der Waals surface area contributed by atoms with Crippen molar-refractivity contribution in [2.45, 2.75) is 0 Å². The van der Waals surface area contributed by atoms with Crippen molar-refractivity contribution in [3.8, 4) is 71.0 Å². The number of benzene rings is 2. The quantitative estimate of drug-likeness (QED) is 0.104. The Morgan fingerprint density at radius 1 is 0.466 bits per heavy atom. The van der Waals surface area contributed by atoms with E-state index in [1.54, 1.807) is 59.3 Å². The predicted molar refractivity (Wildman–Crippen MR) is 220 cm³/mol. The Morgan fingerprint density at radius 3 is 1.29 bits per heavy atom. The monoisotopic (exact) mass is 888 g/mol. The van der Waals surface area contributed by atoms with Crippen LogP contribution < -0.4 is 0 Å². The number of aromatic carboxylic acids is 2. The van der Waals surface area contributed by atoms with Gasteiger partial charge in [-0.25, -0.2) is 27.2 Å². The zero-order valence-electron chi connectivity index (χ0n) is 28.4. The van der Waals surface area contributed by atoms with Gasteiger partial charge in [-0.15, -0.1) is 68.0 Å². The van der Waals surface area contributed by atoms with Gasteiger partial charge in [-0.3, -0.25) is 0 Å². The van der Waals surface area contributed by atoms with Crippen LogP contribution in [0.3, 0.4) is 0 Å². The third-order valence-corrected chi connectivity index (χ3v) is 16.0. The number of carbonyl (C=O) groups is 2. The first-order valence-electron chi connectivity index (χ1n) is 16.5. The highest BCUT2D eigenvalue weighted by Crippen LogP contribution is 2.50. The molecule has 0 saturated heterocycles. The molecule has 0 aliphatic heterocycles. The highest BCUT2D eigenvalue weighted by atomic mass is 32.1. The number of nitrogens with one attached hydrogen (secondary N) is 2. The average Bonchev–Trinajstić information content (AvgIpc) is 4.06. The fraction of sp³-hybridized carbons (Fsp3) is 0. The molecule has 8 heterocycles. The fourth-order valence-corrected chi connectivity index (χ4v) is 12.9. The summed E-state index contributed by atoms with van der Waals surface area (Å²) in [5.74, 6) is -7.26. The summed E-state index contributed by atoms with van der Waals surface area (Å²) in [5.41, 5.74) is -0.643. The zero-order valence-corrected chi connectivity index (χ0v) is 33.3. The summed E-state index contributed by atoms with van der Waals surface area (Å²) in [4.78, 5) is 29.0. The largest absolute Gasteiger partial charge is 0.478 e. The van der Waals surface area contributed by atoms with E-state index < -0.39 is 35.2 Å². The summed E-state index contributed by atoms with van der Waals surface area (Å²) in [5, 5.41) is 45.1. The third kappa shape index (κ3) is 5.66. The minimum Gasteiger partial charge on any atom is -0.478 e. The first kappa shape index (κ1) is 36.4. The van der Waals surface area contributed by atoms with Crippen molar-refractivity contribution in [3.63, 3.8) is 0 Å². The van der Waals surface area contributed by atoms with Gasteiger partial charge in [-0.1, -0.05) is 12.1 Å². The molecule has 2 aromatic carbocycles. The number of thiophene rings is 6. The van der Waals surface area contributed by atoms with Gasteiger partial charge in [0.05, 0.1) is 43.1 Å². The summed E-state index contributed by atoms with van der Waals surface area (Å²) in [6, 6.07) is 16.2. The molecule has 0 radical (unpaired) electrons. The highest BCUT2D eigenvalue weighted by Gasteiger charge is 2.31. The van der Waals surface area contributed by atoms with Crippen LogP contribution >= 0.6 is 68.0 Å².